The Morgan fingerprint density at radius 1 is 0.231 bits per heavy atom. The van der Waals surface area contributed by atoms with Crippen molar-refractivity contribution in [2.75, 3.05) is 0 Å². The van der Waals surface area contributed by atoms with Gasteiger partial charge in [-0.3, -0.25) is 0 Å². The molecule has 0 fully saturated rings. The highest BCUT2D eigenvalue weighted by atomic mass is 16.3. The summed E-state index contributed by atoms with van der Waals surface area (Å²) in [5.74, 6) is 0. The second kappa shape index (κ2) is 13.0. The molecule has 0 amide bonds. The van der Waals surface area contributed by atoms with Crippen LogP contribution in [0.25, 0.3) is 153 Å². The maximum atomic E-state index is 7.15. The molecule has 0 bridgehead atoms. The smallest absolute Gasteiger partial charge is 0.144 e. The highest BCUT2D eigenvalue weighted by Gasteiger charge is 2.23. The number of benzene rings is 14. The van der Waals surface area contributed by atoms with Gasteiger partial charge in [0.1, 0.15) is 11.2 Å². The Morgan fingerprint density at radius 3 is 1.17 bits per heavy atom. The summed E-state index contributed by atoms with van der Waals surface area (Å²) in [5, 5.41) is 22.6. The predicted molar refractivity (Wildman–Crippen MR) is 278 cm³/mol. The molecule has 0 saturated heterocycles. The monoisotopic (exact) mass is 820 g/mol. The van der Waals surface area contributed by atoms with Gasteiger partial charge >= 0.3 is 0 Å². The third-order valence-electron chi connectivity index (χ3n) is 14.5. The second-order valence-electron chi connectivity index (χ2n) is 17.9. The molecule has 65 heavy (non-hydrogen) atoms. The summed E-state index contributed by atoms with van der Waals surface area (Å²) >= 11 is 0. The van der Waals surface area contributed by atoms with E-state index in [0.717, 1.165) is 33.1 Å². The van der Waals surface area contributed by atoms with Crippen LogP contribution < -0.4 is 0 Å². The molecule has 0 aliphatic rings. The van der Waals surface area contributed by atoms with E-state index in [2.05, 4.69) is 218 Å². The van der Waals surface area contributed by atoms with E-state index in [0.29, 0.717) is 0 Å². The molecule has 14 aromatic carbocycles. The van der Waals surface area contributed by atoms with E-state index in [9.17, 15) is 0 Å². The topological polar surface area (TPSA) is 13.1 Å². The second-order valence-corrected chi connectivity index (χ2v) is 17.9. The molecular formula is C64H36O. The van der Waals surface area contributed by atoms with Crippen LogP contribution in [0.1, 0.15) is 0 Å². The van der Waals surface area contributed by atoms with E-state index in [-0.39, 0.29) is 0 Å². The van der Waals surface area contributed by atoms with Crippen molar-refractivity contribution in [3.05, 3.63) is 218 Å². The molecule has 0 radical (unpaired) electrons. The fraction of sp³-hybridized carbons (Fsp3) is 0. The minimum Gasteiger partial charge on any atom is -0.455 e. The quantitative estimate of drug-likeness (QED) is 0.161. The van der Waals surface area contributed by atoms with Crippen LogP contribution in [-0.2, 0) is 0 Å². The van der Waals surface area contributed by atoms with Crippen LogP contribution in [0.2, 0.25) is 0 Å². The maximum Gasteiger partial charge on any atom is 0.144 e. The number of furan rings is 1. The fourth-order valence-electron chi connectivity index (χ4n) is 11.6. The molecule has 0 N–H and O–H groups in total. The number of rotatable bonds is 4. The lowest BCUT2D eigenvalue weighted by atomic mass is 9.86. The van der Waals surface area contributed by atoms with E-state index < -0.39 is 0 Å². The Morgan fingerprint density at radius 2 is 0.631 bits per heavy atom. The first-order valence-electron chi connectivity index (χ1n) is 22.6. The first-order valence-corrected chi connectivity index (χ1v) is 22.6. The molecule has 0 aliphatic carbocycles. The molecule has 0 spiro atoms. The predicted octanol–water partition coefficient (Wildman–Crippen LogP) is 18.4. The minimum absolute atomic E-state index is 0.895. The summed E-state index contributed by atoms with van der Waals surface area (Å²) in [5.41, 5.74) is 11.3. The molecule has 0 unspecified atom stereocenters. The molecule has 1 heteroatoms. The molecule has 0 saturated carbocycles. The first kappa shape index (κ1) is 35.0. The maximum absolute atomic E-state index is 7.15. The average Bonchev–Trinajstić information content (AvgIpc) is 3.73. The summed E-state index contributed by atoms with van der Waals surface area (Å²) in [7, 11) is 0. The van der Waals surface area contributed by atoms with Crippen molar-refractivity contribution >= 4 is 108 Å². The normalized spacial score (nSPS) is 12.3. The van der Waals surface area contributed by atoms with E-state index in [1.54, 1.807) is 0 Å². The lowest BCUT2D eigenvalue weighted by Gasteiger charge is -2.17. The van der Waals surface area contributed by atoms with Crippen LogP contribution in [0.15, 0.2) is 223 Å². The van der Waals surface area contributed by atoms with Crippen molar-refractivity contribution in [1.82, 2.24) is 0 Å². The van der Waals surface area contributed by atoms with Crippen LogP contribution >= 0.6 is 0 Å². The van der Waals surface area contributed by atoms with Gasteiger partial charge in [0.15, 0.2) is 0 Å². The molecule has 298 valence electrons. The number of hydrogen-bond donors (Lipinski definition) is 0. The molecule has 15 aromatic rings. The van der Waals surface area contributed by atoms with Crippen LogP contribution in [0, 0.1) is 0 Å². The SMILES string of the molecule is c1ccc2cc3c(cc2c1)oc1c(-c2ccc(-c4ccc5ccc6cccc7ccc4c5c67)cc2)c2ccccc2c(-c2ccc(-c4ccc5ccc6cccc7ccc4c5c67)cc2)c13. The van der Waals surface area contributed by atoms with Gasteiger partial charge < -0.3 is 4.42 Å². The summed E-state index contributed by atoms with van der Waals surface area (Å²) in [6, 6.07) is 81.1. The van der Waals surface area contributed by atoms with Crippen molar-refractivity contribution in [1.29, 1.82) is 0 Å². The Kier molecular flexibility index (Phi) is 7.01. The largest absolute Gasteiger partial charge is 0.455 e. The Labute approximate surface area is 373 Å². The summed E-state index contributed by atoms with van der Waals surface area (Å²) in [6.45, 7) is 0. The lowest BCUT2D eigenvalue weighted by Crippen LogP contribution is -1.90. The highest BCUT2D eigenvalue weighted by Crippen LogP contribution is 2.49. The number of hydrogen-bond acceptors (Lipinski definition) is 1. The third kappa shape index (κ3) is 4.93. The first-order chi connectivity index (χ1) is 32.2. The molecular weight excluding hydrogens is 785 g/mol. The van der Waals surface area contributed by atoms with E-state index in [1.807, 2.05) is 0 Å². The van der Waals surface area contributed by atoms with Crippen LogP contribution in [0.3, 0.4) is 0 Å². The zero-order valence-electron chi connectivity index (χ0n) is 35.2. The molecule has 1 aromatic heterocycles. The van der Waals surface area contributed by atoms with Gasteiger partial charge in [-0.15, -0.1) is 0 Å². The van der Waals surface area contributed by atoms with E-state index in [1.165, 1.54) is 120 Å². The summed E-state index contributed by atoms with van der Waals surface area (Å²) in [4.78, 5) is 0. The van der Waals surface area contributed by atoms with Gasteiger partial charge in [-0.05, 0) is 132 Å². The van der Waals surface area contributed by atoms with Gasteiger partial charge in [-0.25, -0.2) is 0 Å². The van der Waals surface area contributed by atoms with Gasteiger partial charge in [-0.2, -0.15) is 0 Å². The van der Waals surface area contributed by atoms with E-state index >= 15 is 0 Å². The van der Waals surface area contributed by atoms with Gasteiger partial charge in [0, 0.05) is 21.9 Å². The Bertz CT molecular complexity index is 4400. The van der Waals surface area contributed by atoms with Gasteiger partial charge in [-0.1, -0.05) is 206 Å². The third-order valence-corrected chi connectivity index (χ3v) is 14.5. The van der Waals surface area contributed by atoms with Crippen LogP contribution in [-0.4, -0.2) is 0 Å². The minimum atomic E-state index is 0.895. The standard InChI is InChI=1S/C64H36O/c1-2-8-48-36-56-55(35-47(48)7-1)63-61(43-19-15-37(16-20-43)49-31-27-44-25-23-39-9-5-11-41-29-33-53(49)59(44)57(39)41)51-13-3-4-14-52(51)62(64(63)65-56)46-21-17-38(18-22-46)50-32-28-45-26-24-40-10-6-12-42-30-34-54(50)60(45)58(40)42/h1-36H. The zero-order valence-corrected chi connectivity index (χ0v) is 35.2. The molecule has 15 rings (SSSR count). The molecule has 1 heterocycles. The average molecular weight is 821 g/mol. The fourth-order valence-corrected chi connectivity index (χ4v) is 11.6. The summed E-state index contributed by atoms with van der Waals surface area (Å²) in [6.07, 6.45) is 0. The van der Waals surface area contributed by atoms with Crippen LogP contribution in [0.5, 0.6) is 0 Å². The van der Waals surface area contributed by atoms with Gasteiger partial charge in [0.05, 0.1) is 0 Å². The number of fused-ring (bicyclic) bond motifs is 5. The Balaban J connectivity index is 0.932. The van der Waals surface area contributed by atoms with Crippen molar-refractivity contribution in [2.45, 2.75) is 0 Å². The summed E-state index contributed by atoms with van der Waals surface area (Å²) < 4.78 is 7.15. The highest BCUT2D eigenvalue weighted by molar-refractivity contribution is 6.29. The van der Waals surface area contributed by atoms with Crippen molar-refractivity contribution in [3.63, 3.8) is 0 Å². The van der Waals surface area contributed by atoms with Crippen molar-refractivity contribution < 1.29 is 4.42 Å². The zero-order chi connectivity index (χ0) is 42.3. The molecule has 0 atom stereocenters. The van der Waals surface area contributed by atoms with Gasteiger partial charge in [0.25, 0.3) is 0 Å². The van der Waals surface area contributed by atoms with Crippen molar-refractivity contribution in [2.24, 2.45) is 0 Å². The molecule has 0 aliphatic heterocycles. The van der Waals surface area contributed by atoms with Crippen molar-refractivity contribution in [3.8, 4) is 44.5 Å². The van der Waals surface area contributed by atoms with Gasteiger partial charge in [0.2, 0.25) is 0 Å². The molecule has 1 nitrogen and oxygen atoms in total. The van der Waals surface area contributed by atoms with Crippen LogP contribution in [0.4, 0.5) is 0 Å². The Hall–Kier alpha value is -8.52. The van der Waals surface area contributed by atoms with E-state index in [4.69, 9.17) is 4.42 Å². The lowest BCUT2D eigenvalue weighted by molar-refractivity contribution is 0.671.